The van der Waals surface area contributed by atoms with Gasteiger partial charge in [-0.25, -0.2) is 9.78 Å². The molecule has 1 saturated heterocycles. The second kappa shape index (κ2) is 7.99. The molecule has 1 aliphatic rings. The molecule has 3 rings (SSSR count). The van der Waals surface area contributed by atoms with Crippen LogP contribution in [0.4, 0.5) is 16.3 Å². The van der Waals surface area contributed by atoms with Crippen molar-refractivity contribution in [1.29, 1.82) is 0 Å². The van der Waals surface area contributed by atoms with Crippen LogP contribution in [0, 0.1) is 0 Å². The number of ether oxygens (including phenoxy) is 1. The third kappa shape index (κ3) is 4.59. The van der Waals surface area contributed by atoms with Crippen LogP contribution >= 0.6 is 0 Å². The Morgan fingerprint density at radius 2 is 1.89 bits per heavy atom. The lowest BCUT2D eigenvalue weighted by molar-refractivity contribution is 0.00955. The zero-order chi connectivity index (χ0) is 19.4. The van der Waals surface area contributed by atoms with E-state index in [9.17, 15) is 4.79 Å². The fourth-order valence-corrected chi connectivity index (χ4v) is 3.52. The summed E-state index contributed by atoms with van der Waals surface area (Å²) in [4.78, 5) is 21.4. The molecule has 1 aliphatic heterocycles. The average molecular weight is 367 g/mol. The molecule has 0 N–H and O–H groups in total. The molecular formula is C22H29N3O2. The highest BCUT2D eigenvalue weighted by Gasteiger charge is 2.33. The van der Waals surface area contributed by atoms with Crippen LogP contribution in [0.15, 0.2) is 48.7 Å². The average Bonchev–Trinajstić information content (AvgIpc) is 2.67. The highest BCUT2D eigenvalue weighted by Crippen LogP contribution is 2.37. The first-order valence-electron chi connectivity index (χ1n) is 9.60. The van der Waals surface area contributed by atoms with Crippen molar-refractivity contribution < 1.29 is 9.53 Å². The van der Waals surface area contributed by atoms with Gasteiger partial charge in [0.2, 0.25) is 0 Å². The normalized spacial score (nSPS) is 17.5. The summed E-state index contributed by atoms with van der Waals surface area (Å²) in [5, 5.41) is 0. The number of rotatable bonds is 3. The molecule has 1 amide bonds. The fraction of sp³-hybridized carbons (Fsp3) is 0.455. The molecule has 1 aromatic heterocycles. The largest absolute Gasteiger partial charge is 0.444 e. The number of aromatic nitrogens is 1. The number of nitrogens with zero attached hydrogens (tertiary/aromatic N) is 3. The Labute approximate surface area is 162 Å². The highest BCUT2D eigenvalue weighted by atomic mass is 16.6. The molecule has 2 heterocycles. The first-order valence-corrected chi connectivity index (χ1v) is 9.60. The van der Waals surface area contributed by atoms with Crippen molar-refractivity contribution >= 4 is 17.6 Å². The lowest BCUT2D eigenvalue weighted by Gasteiger charge is -2.38. The van der Waals surface area contributed by atoms with E-state index in [0.717, 1.165) is 36.3 Å². The minimum atomic E-state index is -0.502. The Balaban J connectivity index is 1.93. The molecule has 1 fully saturated rings. The topological polar surface area (TPSA) is 45.7 Å². The van der Waals surface area contributed by atoms with Crippen LogP contribution in [-0.4, -0.2) is 35.2 Å². The molecule has 5 nitrogen and oxygen atoms in total. The van der Waals surface area contributed by atoms with Crippen molar-refractivity contribution in [3.05, 3.63) is 54.2 Å². The summed E-state index contributed by atoms with van der Waals surface area (Å²) < 4.78 is 5.67. The maximum absolute atomic E-state index is 12.8. The van der Waals surface area contributed by atoms with Crippen LogP contribution in [0.25, 0.3) is 0 Å². The highest BCUT2D eigenvalue weighted by molar-refractivity contribution is 5.70. The second-order valence-corrected chi connectivity index (χ2v) is 8.00. The molecule has 0 saturated carbocycles. The number of hydrogen-bond acceptors (Lipinski definition) is 4. The van der Waals surface area contributed by atoms with Gasteiger partial charge >= 0.3 is 6.09 Å². The quantitative estimate of drug-likeness (QED) is 0.737. The van der Waals surface area contributed by atoms with Gasteiger partial charge in [0.05, 0.1) is 6.04 Å². The van der Waals surface area contributed by atoms with Crippen molar-refractivity contribution in [2.75, 3.05) is 18.5 Å². The van der Waals surface area contributed by atoms with Gasteiger partial charge in [-0.2, -0.15) is 0 Å². The number of pyridine rings is 1. The van der Waals surface area contributed by atoms with Crippen LogP contribution < -0.4 is 4.90 Å². The number of likely N-dealkylation sites (tertiary alicyclic amines) is 1. The van der Waals surface area contributed by atoms with Crippen molar-refractivity contribution in [2.45, 2.75) is 51.7 Å². The van der Waals surface area contributed by atoms with Crippen LogP contribution in [0.1, 0.15) is 51.6 Å². The molecule has 2 aromatic rings. The molecule has 5 heteroatoms. The predicted octanol–water partition coefficient (Wildman–Crippen LogP) is 5.31. The number of benzene rings is 1. The summed E-state index contributed by atoms with van der Waals surface area (Å²) >= 11 is 0. The number of piperidine rings is 1. The van der Waals surface area contributed by atoms with Gasteiger partial charge in [-0.15, -0.1) is 0 Å². The van der Waals surface area contributed by atoms with E-state index >= 15 is 0 Å². The first-order chi connectivity index (χ1) is 12.9. The van der Waals surface area contributed by atoms with Gasteiger partial charge in [0.25, 0.3) is 0 Å². The minimum absolute atomic E-state index is 0.0246. The molecule has 144 valence electrons. The molecular weight excluding hydrogens is 338 g/mol. The van der Waals surface area contributed by atoms with E-state index in [1.807, 2.05) is 57.0 Å². The Morgan fingerprint density at radius 3 is 2.59 bits per heavy atom. The van der Waals surface area contributed by atoms with Gasteiger partial charge in [-0.05, 0) is 58.2 Å². The van der Waals surface area contributed by atoms with Crippen LogP contribution in [0.3, 0.4) is 0 Å². The fourth-order valence-electron chi connectivity index (χ4n) is 3.52. The summed E-state index contributed by atoms with van der Waals surface area (Å²) in [6.45, 7) is 6.43. The monoisotopic (exact) mass is 367 g/mol. The molecule has 1 atom stereocenters. The molecule has 1 aromatic carbocycles. The van der Waals surface area contributed by atoms with Gasteiger partial charge < -0.3 is 14.5 Å². The van der Waals surface area contributed by atoms with E-state index in [-0.39, 0.29) is 12.1 Å². The minimum Gasteiger partial charge on any atom is -0.444 e. The van der Waals surface area contributed by atoms with E-state index in [4.69, 9.17) is 4.74 Å². The van der Waals surface area contributed by atoms with Gasteiger partial charge in [0, 0.05) is 31.0 Å². The van der Waals surface area contributed by atoms with E-state index in [1.165, 1.54) is 0 Å². The van der Waals surface area contributed by atoms with Crippen LogP contribution in [-0.2, 0) is 4.74 Å². The van der Waals surface area contributed by atoms with E-state index in [1.54, 1.807) is 6.20 Å². The lowest BCUT2D eigenvalue weighted by atomic mass is 9.95. The zero-order valence-corrected chi connectivity index (χ0v) is 16.7. The first kappa shape index (κ1) is 19.2. The predicted molar refractivity (Wildman–Crippen MR) is 108 cm³/mol. The molecule has 0 spiro atoms. The van der Waals surface area contributed by atoms with Crippen molar-refractivity contribution in [3.8, 4) is 0 Å². The van der Waals surface area contributed by atoms with Crippen LogP contribution in [0.5, 0.6) is 0 Å². The summed E-state index contributed by atoms with van der Waals surface area (Å²) in [5.41, 5.74) is 1.63. The zero-order valence-electron chi connectivity index (χ0n) is 16.7. The molecule has 0 aliphatic carbocycles. The van der Waals surface area contributed by atoms with E-state index in [0.29, 0.717) is 6.54 Å². The summed E-state index contributed by atoms with van der Waals surface area (Å²) in [6, 6.07) is 14.2. The number of hydrogen-bond donors (Lipinski definition) is 0. The number of carbonyl (C=O) groups excluding carboxylic acids is 1. The van der Waals surface area contributed by atoms with Gasteiger partial charge in [0.1, 0.15) is 11.4 Å². The van der Waals surface area contributed by atoms with Crippen LogP contribution in [0.2, 0.25) is 0 Å². The number of carbonyl (C=O) groups is 1. The SMILES string of the molecule is CN(c1ccccc1)c1ncccc1[C@@H]1CCCCN1C(=O)OC(C)(C)C. The lowest BCUT2D eigenvalue weighted by Crippen LogP contribution is -2.42. The standard InChI is InChI=1S/C22H29N3O2/c1-22(2,3)27-21(26)25-16-9-8-14-19(25)18-13-10-15-23-20(18)24(4)17-11-6-5-7-12-17/h5-7,10-13,15,19H,8-9,14,16H2,1-4H3/t19-/m0/s1. The molecule has 0 unspecified atom stereocenters. The van der Waals surface area contributed by atoms with Gasteiger partial charge in [-0.3, -0.25) is 0 Å². The van der Waals surface area contributed by atoms with Gasteiger partial charge in [-0.1, -0.05) is 24.3 Å². The third-order valence-electron chi connectivity index (χ3n) is 4.77. The third-order valence-corrected chi connectivity index (χ3v) is 4.77. The smallest absolute Gasteiger partial charge is 0.410 e. The Bertz CT molecular complexity index is 771. The maximum atomic E-state index is 12.8. The van der Waals surface area contributed by atoms with E-state index in [2.05, 4.69) is 28.1 Å². The summed E-state index contributed by atoms with van der Waals surface area (Å²) in [7, 11) is 2.02. The van der Waals surface area contributed by atoms with Crippen molar-refractivity contribution in [2.24, 2.45) is 0 Å². The maximum Gasteiger partial charge on any atom is 0.410 e. The Morgan fingerprint density at radius 1 is 1.15 bits per heavy atom. The van der Waals surface area contributed by atoms with Gasteiger partial charge in [0.15, 0.2) is 0 Å². The van der Waals surface area contributed by atoms with Crippen molar-refractivity contribution in [3.63, 3.8) is 0 Å². The number of anilines is 2. The summed E-state index contributed by atoms with van der Waals surface area (Å²) in [5.74, 6) is 0.879. The summed E-state index contributed by atoms with van der Waals surface area (Å²) in [6.07, 6.45) is 4.57. The molecule has 27 heavy (non-hydrogen) atoms. The van der Waals surface area contributed by atoms with E-state index < -0.39 is 5.60 Å². The molecule has 0 radical (unpaired) electrons. The Hall–Kier alpha value is -2.56. The number of amides is 1. The van der Waals surface area contributed by atoms with Crippen molar-refractivity contribution in [1.82, 2.24) is 9.88 Å². The number of para-hydroxylation sites is 1. The Kier molecular flexibility index (Phi) is 5.68. The second-order valence-electron chi connectivity index (χ2n) is 8.00. The molecule has 0 bridgehead atoms.